The van der Waals surface area contributed by atoms with Crippen molar-refractivity contribution < 1.29 is 0 Å². The third kappa shape index (κ3) is 2.77. The Bertz CT molecular complexity index is 516. The highest BCUT2D eigenvalue weighted by molar-refractivity contribution is 5.30. The molecule has 0 saturated heterocycles. The molecule has 0 bridgehead atoms. The third-order valence-electron chi connectivity index (χ3n) is 2.82. The Hall–Kier alpha value is -2.10. The van der Waals surface area contributed by atoms with E-state index in [1.165, 1.54) is 5.56 Å². The second-order valence-electron chi connectivity index (χ2n) is 4.01. The molecule has 0 aliphatic carbocycles. The van der Waals surface area contributed by atoms with Crippen molar-refractivity contribution in [2.24, 2.45) is 0 Å². The summed E-state index contributed by atoms with van der Waals surface area (Å²) < 4.78 is 2.02. The lowest BCUT2D eigenvalue weighted by molar-refractivity contribution is 0.815. The number of nitrogens with zero attached hydrogens (tertiary/aromatic N) is 3. The number of nitrogens with one attached hydrogen (secondary N) is 1. The van der Waals surface area contributed by atoms with Crippen molar-refractivity contribution in [1.82, 2.24) is 14.5 Å². The number of imidazole rings is 1. The van der Waals surface area contributed by atoms with E-state index in [9.17, 15) is 0 Å². The van der Waals surface area contributed by atoms with Crippen LogP contribution in [0.1, 0.15) is 18.2 Å². The summed E-state index contributed by atoms with van der Waals surface area (Å²) in [6.07, 6.45) is 8.39. The van der Waals surface area contributed by atoms with Crippen LogP contribution in [-0.2, 0) is 19.5 Å². The maximum absolute atomic E-state index is 4.40. The molecule has 18 heavy (non-hydrogen) atoms. The molecule has 2 heterocycles. The highest BCUT2D eigenvalue weighted by Gasteiger charge is 2.04. The summed E-state index contributed by atoms with van der Waals surface area (Å²) in [5, 5.41) is 3.31. The average molecular weight is 242 g/mol. The van der Waals surface area contributed by atoms with E-state index in [0.717, 1.165) is 24.6 Å². The summed E-state index contributed by atoms with van der Waals surface area (Å²) >= 11 is 0. The molecule has 2 aromatic rings. The Balaban J connectivity index is 2.06. The predicted molar refractivity (Wildman–Crippen MR) is 73.4 cm³/mol. The first-order valence-electron chi connectivity index (χ1n) is 6.13. The zero-order chi connectivity index (χ0) is 12.8. The summed E-state index contributed by atoms with van der Waals surface area (Å²) in [6, 6.07) is 4.08. The lowest BCUT2D eigenvalue weighted by Gasteiger charge is -2.10. The van der Waals surface area contributed by atoms with Gasteiger partial charge in [-0.1, -0.05) is 19.1 Å². The van der Waals surface area contributed by atoms with Crippen LogP contribution in [0.25, 0.3) is 0 Å². The van der Waals surface area contributed by atoms with Gasteiger partial charge in [-0.3, -0.25) is 4.98 Å². The molecule has 0 amide bonds. The maximum atomic E-state index is 4.40. The van der Waals surface area contributed by atoms with E-state index in [2.05, 4.69) is 34.9 Å². The van der Waals surface area contributed by atoms with Gasteiger partial charge in [-0.2, -0.15) is 0 Å². The van der Waals surface area contributed by atoms with Crippen molar-refractivity contribution in [1.29, 1.82) is 0 Å². The van der Waals surface area contributed by atoms with Crippen molar-refractivity contribution in [2.45, 2.75) is 26.4 Å². The molecule has 2 rings (SSSR count). The number of hydrogen-bond acceptors (Lipinski definition) is 3. The van der Waals surface area contributed by atoms with Gasteiger partial charge in [0.2, 0.25) is 5.95 Å². The fraction of sp³-hybridized carbons (Fsp3) is 0.286. The quantitative estimate of drug-likeness (QED) is 0.792. The van der Waals surface area contributed by atoms with Gasteiger partial charge in [0.05, 0.1) is 12.2 Å². The number of rotatable bonds is 6. The van der Waals surface area contributed by atoms with Gasteiger partial charge in [0, 0.05) is 25.1 Å². The van der Waals surface area contributed by atoms with Crippen LogP contribution in [0.5, 0.6) is 0 Å². The third-order valence-corrected chi connectivity index (χ3v) is 2.82. The first-order valence-corrected chi connectivity index (χ1v) is 6.13. The number of allylic oxidation sites excluding steroid dienone is 1. The first kappa shape index (κ1) is 12.4. The van der Waals surface area contributed by atoms with Gasteiger partial charge in [0.1, 0.15) is 0 Å². The fourth-order valence-corrected chi connectivity index (χ4v) is 1.88. The predicted octanol–water partition coefficient (Wildman–Crippen LogP) is 2.64. The molecule has 0 aliphatic rings. The Morgan fingerprint density at radius 2 is 2.28 bits per heavy atom. The van der Waals surface area contributed by atoms with Crippen molar-refractivity contribution in [3.8, 4) is 0 Å². The largest absolute Gasteiger partial charge is 0.350 e. The number of pyridine rings is 1. The minimum absolute atomic E-state index is 0.693. The second-order valence-corrected chi connectivity index (χ2v) is 4.01. The minimum Gasteiger partial charge on any atom is -0.350 e. The van der Waals surface area contributed by atoms with Crippen molar-refractivity contribution >= 4 is 5.95 Å². The van der Waals surface area contributed by atoms with Gasteiger partial charge >= 0.3 is 0 Å². The SMILES string of the molecule is C=CCn1ccnc1NCc1ncccc1CC. The Morgan fingerprint density at radius 1 is 1.39 bits per heavy atom. The zero-order valence-corrected chi connectivity index (χ0v) is 10.6. The van der Waals surface area contributed by atoms with Crippen LogP contribution in [-0.4, -0.2) is 14.5 Å². The van der Waals surface area contributed by atoms with E-state index in [4.69, 9.17) is 0 Å². The van der Waals surface area contributed by atoms with E-state index in [-0.39, 0.29) is 0 Å². The summed E-state index contributed by atoms with van der Waals surface area (Å²) in [7, 11) is 0. The van der Waals surface area contributed by atoms with E-state index >= 15 is 0 Å². The molecule has 0 spiro atoms. The van der Waals surface area contributed by atoms with Gasteiger partial charge in [-0.15, -0.1) is 6.58 Å². The molecule has 0 aromatic carbocycles. The zero-order valence-electron chi connectivity index (χ0n) is 10.6. The van der Waals surface area contributed by atoms with Crippen molar-refractivity contribution in [3.63, 3.8) is 0 Å². The van der Waals surface area contributed by atoms with E-state index < -0.39 is 0 Å². The van der Waals surface area contributed by atoms with Crippen LogP contribution >= 0.6 is 0 Å². The van der Waals surface area contributed by atoms with Crippen LogP contribution in [0.2, 0.25) is 0 Å². The summed E-state index contributed by atoms with van der Waals surface area (Å²) in [5.41, 5.74) is 2.35. The molecule has 4 nitrogen and oxygen atoms in total. The van der Waals surface area contributed by atoms with Crippen LogP contribution in [0.3, 0.4) is 0 Å². The topological polar surface area (TPSA) is 42.7 Å². The lowest BCUT2D eigenvalue weighted by Crippen LogP contribution is -2.09. The van der Waals surface area contributed by atoms with Crippen molar-refractivity contribution in [3.05, 3.63) is 54.6 Å². The number of hydrogen-bond donors (Lipinski definition) is 1. The van der Waals surface area contributed by atoms with Crippen LogP contribution in [0.4, 0.5) is 5.95 Å². The van der Waals surface area contributed by atoms with Gasteiger partial charge in [0.15, 0.2) is 0 Å². The van der Waals surface area contributed by atoms with E-state index in [1.807, 2.05) is 29.1 Å². The highest BCUT2D eigenvalue weighted by atomic mass is 15.2. The minimum atomic E-state index is 0.693. The first-order chi connectivity index (χ1) is 8.85. The average Bonchev–Trinajstić information content (AvgIpc) is 2.84. The molecular weight excluding hydrogens is 224 g/mol. The molecule has 0 atom stereocenters. The number of aromatic nitrogens is 3. The van der Waals surface area contributed by atoms with Crippen molar-refractivity contribution in [2.75, 3.05) is 5.32 Å². The summed E-state index contributed by atoms with van der Waals surface area (Å²) in [4.78, 5) is 8.69. The monoisotopic (exact) mass is 242 g/mol. The number of aryl methyl sites for hydroxylation is 1. The molecule has 0 fully saturated rings. The van der Waals surface area contributed by atoms with Crippen LogP contribution in [0, 0.1) is 0 Å². The molecule has 0 unspecified atom stereocenters. The maximum Gasteiger partial charge on any atom is 0.203 e. The Kier molecular flexibility index (Phi) is 4.12. The molecular formula is C14H18N4. The van der Waals surface area contributed by atoms with Gasteiger partial charge < -0.3 is 9.88 Å². The normalized spacial score (nSPS) is 10.3. The summed E-state index contributed by atoms with van der Waals surface area (Å²) in [6.45, 7) is 7.32. The van der Waals surface area contributed by atoms with Gasteiger partial charge in [-0.25, -0.2) is 4.98 Å². The fourth-order valence-electron chi connectivity index (χ4n) is 1.88. The Morgan fingerprint density at radius 3 is 3.06 bits per heavy atom. The van der Waals surface area contributed by atoms with Crippen LogP contribution < -0.4 is 5.32 Å². The molecule has 94 valence electrons. The lowest BCUT2D eigenvalue weighted by atomic mass is 10.1. The highest BCUT2D eigenvalue weighted by Crippen LogP contribution is 2.10. The van der Waals surface area contributed by atoms with Gasteiger partial charge in [0.25, 0.3) is 0 Å². The molecule has 1 N–H and O–H groups in total. The standard InChI is InChI=1S/C14H18N4/c1-3-9-18-10-8-16-14(18)17-11-13-12(4-2)6-5-7-15-13/h3,5-8,10H,1,4,9,11H2,2H3,(H,16,17). The second kappa shape index (κ2) is 6.00. The molecule has 0 aliphatic heterocycles. The van der Waals surface area contributed by atoms with E-state index in [1.54, 1.807) is 6.20 Å². The van der Waals surface area contributed by atoms with E-state index in [0.29, 0.717) is 6.54 Å². The van der Waals surface area contributed by atoms with Gasteiger partial charge in [-0.05, 0) is 18.1 Å². The smallest absolute Gasteiger partial charge is 0.203 e. The molecule has 2 aromatic heterocycles. The molecule has 4 heteroatoms. The van der Waals surface area contributed by atoms with Crippen LogP contribution in [0.15, 0.2) is 43.4 Å². The molecule has 0 radical (unpaired) electrons. The molecule has 0 saturated carbocycles. The Labute approximate surface area is 107 Å². The summed E-state index contributed by atoms with van der Waals surface area (Å²) in [5.74, 6) is 0.850. The number of anilines is 1.